The SMILES string of the molecule is c1ccc(-c2ccc(-c3ccc4ccc5c(-c6cccc7c8c(ccc67)C(c6ccccc6)(c6ccccc6)c6ccccc6-8)ccc6ccc3c4c65)cc2)cc1. The topological polar surface area (TPSA) is 0 Å². The van der Waals surface area contributed by atoms with E-state index in [2.05, 4.69) is 218 Å². The van der Waals surface area contributed by atoms with Crippen molar-refractivity contribution in [2.24, 2.45) is 0 Å². The predicted octanol–water partition coefficient (Wildman–Crippen LogP) is 15.1. The molecule has 12 rings (SSSR count). The first kappa shape index (κ1) is 32.0. The Morgan fingerprint density at radius 1 is 0.246 bits per heavy atom. The van der Waals surface area contributed by atoms with Gasteiger partial charge in [0.2, 0.25) is 0 Å². The first-order chi connectivity index (χ1) is 28.3. The molecule has 0 heteroatoms. The summed E-state index contributed by atoms with van der Waals surface area (Å²) in [5, 5.41) is 10.4. The number of hydrogen-bond acceptors (Lipinski definition) is 0. The zero-order chi connectivity index (χ0) is 37.5. The van der Waals surface area contributed by atoms with Gasteiger partial charge in [-0.05, 0) is 110 Å². The highest BCUT2D eigenvalue weighted by molar-refractivity contribution is 6.28. The standard InChI is InChI=1S/C57H36/c1-4-13-37(14-5-1)38-23-25-39(26-24-38)44-31-27-40-30-34-50-46(32-28-41-29-33-49(44)54(40)55(41)50)45-20-12-21-48-47(45)35-36-53-56(48)51-19-10-11-22-52(51)57(53,42-15-6-2-7-16-42)43-17-8-3-9-18-43/h1-36H. The molecule has 0 amide bonds. The fraction of sp³-hybridized carbons (Fsp3) is 0.0175. The van der Waals surface area contributed by atoms with Gasteiger partial charge < -0.3 is 0 Å². The van der Waals surface area contributed by atoms with Gasteiger partial charge in [0.25, 0.3) is 0 Å². The van der Waals surface area contributed by atoms with Gasteiger partial charge in [-0.2, -0.15) is 0 Å². The fourth-order valence-electron chi connectivity index (χ4n) is 10.3. The minimum atomic E-state index is -0.425. The van der Waals surface area contributed by atoms with Crippen molar-refractivity contribution in [3.8, 4) is 44.5 Å². The Morgan fingerprint density at radius 2 is 0.737 bits per heavy atom. The minimum absolute atomic E-state index is 0.425. The maximum atomic E-state index is 2.42. The highest BCUT2D eigenvalue weighted by atomic mass is 14.5. The smallest absolute Gasteiger partial charge is 0.0622 e. The molecular weight excluding hydrogens is 685 g/mol. The van der Waals surface area contributed by atoms with E-state index in [0.717, 1.165) is 0 Å². The minimum Gasteiger partial charge on any atom is -0.0622 e. The Bertz CT molecular complexity index is 3260. The molecule has 264 valence electrons. The summed E-state index contributed by atoms with van der Waals surface area (Å²) in [7, 11) is 0. The molecule has 0 N–H and O–H groups in total. The first-order valence-electron chi connectivity index (χ1n) is 19.9. The van der Waals surface area contributed by atoms with E-state index in [9.17, 15) is 0 Å². The average Bonchev–Trinajstić information content (AvgIpc) is 3.60. The Labute approximate surface area is 332 Å². The summed E-state index contributed by atoms with van der Waals surface area (Å²) in [4.78, 5) is 0. The van der Waals surface area contributed by atoms with Crippen molar-refractivity contribution in [3.05, 3.63) is 241 Å². The van der Waals surface area contributed by atoms with Crippen LogP contribution in [0, 0.1) is 0 Å². The zero-order valence-corrected chi connectivity index (χ0v) is 31.3. The summed E-state index contributed by atoms with van der Waals surface area (Å²) in [5.41, 5.74) is 15.0. The molecule has 0 heterocycles. The fourth-order valence-corrected chi connectivity index (χ4v) is 10.3. The molecule has 0 radical (unpaired) electrons. The van der Waals surface area contributed by atoms with Crippen molar-refractivity contribution in [3.63, 3.8) is 0 Å². The quantitative estimate of drug-likeness (QED) is 0.155. The molecule has 11 aromatic rings. The van der Waals surface area contributed by atoms with Gasteiger partial charge in [-0.25, -0.2) is 0 Å². The van der Waals surface area contributed by atoms with Crippen molar-refractivity contribution in [1.82, 2.24) is 0 Å². The van der Waals surface area contributed by atoms with Crippen LogP contribution in [-0.2, 0) is 5.41 Å². The van der Waals surface area contributed by atoms with Gasteiger partial charge >= 0.3 is 0 Å². The number of hydrogen-bond donors (Lipinski definition) is 0. The molecule has 0 saturated carbocycles. The molecule has 0 bridgehead atoms. The van der Waals surface area contributed by atoms with E-state index >= 15 is 0 Å². The van der Waals surface area contributed by atoms with E-state index in [1.165, 1.54) is 110 Å². The normalized spacial score (nSPS) is 13.1. The third kappa shape index (κ3) is 4.56. The zero-order valence-electron chi connectivity index (χ0n) is 31.3. The van der Waals surface area contributed by atoms with Crippen LogP contribution in [0.5, 0.6) is 0 Å². The van der Waals surface area contributed by atoms with E-state index < -0.39 is 5.41 Å². The number of rotatable bonds is 5. The summed E-state index contributed by atoms with van der Waals surface area (Å²) in [5.74, 6) is 0. The molecule has 11 aromatic carbocycles. The highest BCUT2D eigenvalue weighted by Crippen LogP contribution is 2.58. The second-order valence-electron chi connectivity index (χ2n) is 15.5. The van der Waals surface area contributed by atoms with Gasteiger partial charge in [0.05, 0.1) is 5.41 Å². The first-order valence-corrected chi connectivity index (χ1v) is 19.9. The summed E-state index contributed by atoms with van der Waals surface area (Å²) in [6, 6.07) is 81.3. The van der Waals surface area contributed by atoms with Gasteiger partial charge in [0.1, 0.15) is 0 Å². The lowest BCUT2D eigenvalue weighted by Crippen LogP contribution is -2.28. The van der Waals surface area contributed by atoms with Gasteiger partial charge in [0.15, 0.2) is 0 Å². The van der Waals surface area contributed by atoms with Crippen molar-refractivity contribution in [1.29, 1.82) is 0 Å². The average molecular weight is 721 g/mol. The molecule has 1 aliphatic rings. The molecule has 0 aliphatic heterocycles. The molecule has 0 atom stereocenters. The third-order valence-corrected chi connectivity index (χ3v) is 12.7. The van der Waals surface area contributed by atoms with Crippen LogP contribution in [0.2, 0.25) is 0 Å². The van der Waals surface area contributed by atoms with Gasteiger partial charge in [-0.1, -0.05) is 218 Å². The van der Waals surface area contributed by atoms with Crippen LogP contribution in [0.4, 0.5) is 0 Å². The summed E-state index contributed by atoms with van der Waals surface area (Å²) >= 11 is 0. The lowest BCUT2D eigenvalue weighted by Gasteiger charge is -2.34. The van der Waals surface area contributed by atoms with E-state index in [4.69, 9.17) is 0 Å². The van der Waals surface area contributed by atoms with E-state index in [1.807, 2.05) is 0 Å². The molecule has 1 aliphatic carbocycles. The molecule has 57 heavy (non-hydrogen) atoms. The van der Waals surface area contributed by atoms with Crippen LogP contribution in [0.15, 0.2) is 218 Å². The molecule has 0 unspecified atom stereocenters. The van der Waals surface area contributed by atoms with Crippen molar-refractivity contribution < 1.29 is 0 Å². The lowest BCUT2D eigenvalue weighted by molar-refractivity contribution is 0.769. The highest BCUT2D eigenvalue weighted by Gasteiger charge is 2.46. The van der Waals surface area contributed by atoms with Gasteiger partial charge in [0, 0.05) is 0 Å². The molecule has 0 saturated heterocycles. The van der Waals surface area contributed by atoms with Crippen LogP contribution < -0.4 is 0 Å². The van der Waals surface area contributed by atoms with Crippen LogP contribution in [0.3, 0.4) is 0 Å². The molecule has 0 fully saturated rings. The molecule has 0 nitrogen and oxygen atoms in total. The monoisotopic (exact) mass is 720 g/mol. The molecular formula is C57H36. The predicted molar refractivity (Wildman–Crippen MR) is 241 cm³/mol. The van der Waals surface area contributed by atoms with Crippen molar-refractivity contribution in [2.45, 2.75) is 5.41 Å². The second-order valence-corrected chi connectivity index (χ2v) is 15.5. The second kappa shape index (κ2) is 12.4. The largest absolute Gasteiger partial charge is 0.0713 e. The van der Waals surface area contributed by atoms with E-state index in [1.54, 1.807) is 0 Å². The van der Waals surface area contributed by atoms with Crippen LogP contribution in [0.25, 0.3) is 87.6 Å². The maximum absolute atomic E-state index is 2.42. The Morgan fingerprint density at radius 3 is 1.42 bits per heavy atom. The van der Waals surface area contributed by atoms with Gasteiger partial charge in [-0.15, -0.1) is 0 Å². The van der Waals surface area contributed by atoms with E-state index in [-0.39, 0.29) is 0 Å². The summed E-state index contributed by atoms with van der Waals surface area (Å²) < 4.78 is 0. The molecule has 0 aromatic heterocycles. The van der Waals surface area contributed by atoms with Crippen molar-refractivity contribution in [2.75, 3.05) is 0 Å². The Kier molecular flexibility index (Phi) is 6.94. The van der Waals surface area contributed by atoms with E-state index in [0.29, 0.717) is 0 Å². The third-order valence-electron chi connectivity index (χ3n) is 12.7. The summed E-state index contributed by atoms with van der Waals surface area (Å²) in [6.45, 7) is 0. The maximum Gasteiger partial charge on any atom is 0.0713 e. The van der Waals surface area contributed by atoms with Gasteiger partial charge in [-0.3, -0.25) is 0 Å². The van der Waals surface area contributed by atoms with Crippen LogP contribution in [0.1, 0.15) is 22.3 Å². The van der Waals surface area contributed by atoms with Crippen molar-refractivity contribution >= 4 is 43.1 Å². The Hall–Kier alpha value is -7.28. The molecule has 0 spiro atoms. The number of benzene rings is 11. The van der Waals surface area contributed by atoms with Crippen LogP contribution >= 0.6 is 0 Å². The number of fused-ring (bicyclic) bond motifs is 5. The summed E-state index contributed by atoms with van der Waals surface area (Å²) in [6.07, 6.45) is 0. The lowest BCUT2D eigenvalue weighted by atomic mass is 9.67. The Balaban J connectivity index is 1.07. The van der Waals surface area contributed by atoms with Crippen LogP contribution in [-0.4, -0.2) is 0 Å².